The van der Waals surface area contributed by atoms with Gasteiger partial charge in [0.25, 0.3) is 12.0 Å². The number of aryl methyl sites for hydroxylation is 1. The van der Waals surface area contributed by atoms with E-state index in [1.165, 1.54) is 11.0 Å². The van der Waals surface area contributed by atoms with E-state index in [0.717, 1.165) is 17.7 Å². The maximum absolute atomic E-state index is 13.0. The van der Waals surface area contributed by atoms with Crippen molar-refractivity contribution in [1.82, 2.24) is 29.7 Å². The Labute approximate surface area is 166 Å². The van der Waals surface area contributed by atoms with E-state index in [1.807, 2.05) is 6.92 Å². The van der Waals surface area contributed by atoms with E-state index >= 15 is 0 Å². The molecule has 8 nitrogen and oxygen atoms in total. The first kappa shape index (κ1) is 19.1. The van der Waals surface area contributed by atoms with E-state index < -0.39 is 17.8 Å². The van der Waals surface area contributed by atoms with Gasteiger partial charge in [-0.2, -0.15) is 27.9 Å². The Hall–Kier alpha value is -3.21. The van der Waals surface area contributed by atoms with Crippen LogP contribution in [0.1, 0.15) is 29.9 Å². The molecule has 3 heterocycles. The third kappa shape index (κ3) is 3.73. The summed E-state index contributed by atoms with van der Waals surface area (Å²) in [4.78, 5) is 16.7. The van der Waals surface area contributed by atoms with E-state index in [0.29, 0.717) is 11.8 Å². The van der Waals surface area contributed by atoms with Gasteiger partial charge in [0.2, 0.25) is 0 Å². The van der Waals surface area contributed by atoms with Crippen LogP contribution in [0.25, 0.3) is 17.0 Å². The van der Waals surface area contributed by atoms with Crippen molar-refractivity contribution < 1.29 is 17.6 Å². The summed E-state index contributed by atoms with van der Waals surface area (Å²) < 4.78 is 45.8. The Kier molecular flexibility index (Phi) is 4.61. The molecule has 29 heavy (non-hydrogen) atoms. The van der Waals surface area contributed by atoms with Crippen molar-refractivity contribution in [2.75, 3.05) is 5.32 Å². The lowest BCUT2D eigenvalue weighted by atomic mass is 10.2. The molecule has 0 radical (unpaired) electrons. The summed E-state index contributed by atoms with van der Waals surface area (Å²) in [6.07, 6.45) is 0.0945. The lowest BCUT2D eigenvalue weighted by molar-refractivity contribution is -0.137. The quantitative estimate of drug-likeness (QED) is 0.521. The molecule has 4 rings (SSSR count). The number of halogens is 4. The minimum absolute atomic E-state index is 0.00639. The molecule has 0 aliphatic heterocycles. The highest BCUT2D eigenvalue weighted by Crippen LogP contribution is 2.36. The number of fused-ring (bicyclic) bond motifs is 1. The monoisotopic (exact) mass is 423 g/mol. The number of nitrogens with one attached hydrogen (secondary N) is 1. The fourth-order valence-electron chi connectivity index (χ4n) is 2.66. The molecule has 0 saturated heterocycles. The van der Waals surface area contributed by atoms with Crippen LogP contribution in [0.3, 0.4) is 0 Å². The normalized spacial score (nSPS) is 13.0. The van der Waals surface area contributed by atoms with Crippen LogP contribution in [-0.4, -0.2) is 29.7 Å². The largest absolute Gasteiger partial charge is 0.422 e. The van der Waals surface area contributed by atoms with Gasteiger partial charge in [-0.15, -0.1) is 0 Å². The molecule has 1 N–H and O–H groups in total. The van der Waals surface area contributed by atoms with Crippen molar-refractivity contribution in [3.05, 3.63) is 52.8 Å². The molecule has 0 fully saturated rings. The molecular weight excluding hydrogens is 411 g/mol. The van der Waals surface area contributed by atoms with Gasteiger partial charge in [0, 0.05) is 12.4 Å². The van der Waals surface area contributed by atoms with Crippen LogP contribution in [-0.2, 0) is 6.18 Å². The number of anilines is 1. The lowest BCUT2D eigenvalue weighted by Gasteiger charge is -2.12. The highest BCUT2D eigenvalue weighted by molar-refractivity contribution is 6.34. The van der Waals surface area contributed by atoms with Crippen LogP contribution < -0.4 is 5.32 Å². The number of aromatic nitrogens is 6. The number of oxazole rings is 1. The second kappa shape index (κ2) is 6.99. The third-order valence-electron chi connectivity index (χ3n) is 4.03. The van der Waals surface area contributed by atoms with Gasteiger partial charge in [-0.1, -0.05) is 11.6 Å². The fourth-order valence-corrected chi connectivity index (χ4v) is 2.91. The number of nitrogens with zero attached hydrogens (tertiary/aromatic N) is 6. The number of alkyl halides is 3. The van der Waals surface area contributed by atoms with Gasteiger partial charge < -0.3 is 9.73 Å². The van der Waals surface area contributed by atoms with E-state index in [-0.39, 0.29) is 22.1 Å². The topological polar surface area (TPSA) is 94.6 Å². The zero-order valence-corrected chi connectivity index (χ0v) is 15.8. The molecule has 0 saturated carbocycles. The van der Waals surface area contributed by atoms with Crippen LogP contribution in [0, 0.1) is 6.92 Å². The van der Waals surface area contributed by atoms with Gasteiger partial charge >= 0.3 is 6.18 Å². The molecular formula is C17H13ClF3N7O. The summed E-state index contributed by atoms with van der Waals surface area (Å²) >= 11 is 5.93. The standard InChI is InChI=1S/C17H13ClF3N7O/c1-8-5-22-15(23-6-8)28-14(24-7-25-28)9(2)26-16-27-12-4-10(17(19,20)21)3-11(18)13(12)29-16/h3-7,9H,1-2H3,(H,26,27)/t9-/m0/s1. The van der Waals surface area contributed by atoms with Gasteiger partial charge in [0.15, 0.2) is 11.4 Å². The van der Waals surface area contributed by atoms with Gasteiger partial charge in [0.05, 0.1) is 16.6 Å². The molecule has 150 valence electrons. The minimum atomic E-state index is -4.54. The zero-order valence-electron chi connectivity index (χ0n) is 15.1. The summed E-state index contributed by atoms with van der Waals surface area (Å²) in [6, 6.07) is 1.20. The van der Waals surface area contributed by atoms with E-state index in [9.17, 15) is 13.2 Å². The van der Waals surface area contributed by atoms with E-state index in [4.69, 9.17) is 16.0 Å². The van der Waals surface area contributed by atoms with E-state index in [2.05, 4.69) is 30.4 Å². The molecule has 0 aliphatic rings. The summed E-state index contributed by atoms with van der Waals surface area (Å²) in [6.45, 7) is 3.62. The number of hydrogen-bond donors (Lipinski definition) is 1. The zero-order chi connectivity index (χ0) is 20.8. The first-order valence-corrected chi connectivity index (χ1v) is 8.73. The summed E-state index contributed by atoms with van der Waals surface area (Å²) in [5.41, 5.74) is 0.0305. The molecule has 12 heteroatoms. The number of benzene rings is 1. The molecule has 3 aromatic heterocycles. The molecule has 4 aromatic rings. The van der Waals surface area contributed by atoms with Crippen LogP contribution >= 0.6 is 11.6 Å². The molecule has 1 atom stereocenters. The van der Waals surface area contributed by atoms with Crippen LogP contribution in [0.15, 0.2) is 35.3 Å². The van der Waals surface area contributed by atoms with Gasteiger partial charge in [0.1, 0.15) is 11.8 Å². The van der Waals surface area contributed by atoms with Gasteiger partial charge in [-0.25, -0.2) is 15.0 Å². The Morgan fingerprint density at radius 3 is 2.59 bits per heavy atom. The Morgan fingerprint density at radius 1 is 1.17 bits per heavy atom. The predicted molar refractivity (Wildman–Crippen MR) is 97.7 cm³/mol. The van der Waals surface area contributed by atoms with Crippen molar-refractivity contribution >= 4 is 28.7 Å². The van der Waals surface area contributed by atoms with Crippen molar-refractivity contribution in [3.8, 4) is 5.95 Å². The summed E-state index contributed by atoms with van der Waals surface area (Å²) in [7, 11) is 0. The van der Waals surface area contributed by atoms with Crippen molar-refractivity contribution in [3.63, 3.8) is 0 Å². The number of hydrogen-bond acceptors (Lipinski definition) is 7. The third-order valence-corrected chi connectivity index (χ3v) is 4.31. The molecule has 0 spiro atoms. The highest BCUT2D eigenvalue weighted by Gasteiger charge is 2.32. The highest BCUT2D eigenvalue weighted by atomic mass is 35.5. The number of rotatable bonds is 4. The average molecular weight is 424 g/mol. The lowest BCUT2D eigenvalue weighted by Crippen LogP contribution is -2.15. The molecule has 1 aromatic carbocycles. The second-order valence-electron chi connectivity index (χ2n) is 6.28. The average Bonchev–Trinajstić information content (AvgIpc) is 3.28. The Balaban J connectivity index is 1.63. The summed E-state index contributed by atoms with van der Waals surface area (Å²) in [5, 5.41) is 6.88. The predicted octanol–water partition coefficient (Wildman–Crippen LogP) is 4.35. The van der Waals surface area contributed by atoms with Crippen molar-refractivity contribution in [2.24, 2.45) is 0 Å². The van der Waals surface area contributed by atoms with Crippen LogP contribution in [0.5, 0.6) is 0 Å². The van der Waals surface area contributed by atoms with Gasteiger partial charge in [-0.3, -0.25) is 0 Å². The van der Waals surface area contributed by atoms with E-state index in [1.54, 1.807) is 19.3 Å². The maximum atomic E-state index is 13.0. The fraction of sp³-hybridized carbons (Fsp3) is 0.235. The van der Waals surface area contributed by atoms with Crippen molar-refractivity contribution in [2.45, 2.75) is 26.1 Å². The SMILES string of the molecule is Cc1cnc(-n2ncnc2[C@H](C)Nc2nc3cc(C(F)(F)F)cc(Cl)c3o2)nc1. The Bertz CT molecular complexity index is 1170. The summed E-state index contributed by atoms with van der Waals surface area (Å²) in [5.74, 6) is 0.783. The second-order valence-corrected chi connectivity index (χ2v) is 6.69. The first-order valence-electron chi connectivity index (χ1n) is 8.35. The molecule has 0 aliphatic carbocycles. The molecule has 0 unspecified atom stereocenters. The van der Waals surface area contributed by atoms with Crippen LogP contribution in [0.4, 0.5) is 19.2 Å². The van der Waals surface area contributed by atoms with Crippen molar-refractivity contribution in [1.29, 1.82) is 0 Å². The first-order chi connectivity index (χ1) is 13.7. The van der Waals surface area contributed by atoms with Gasteiger partial charge in [-0.05, 0) is 31.5 Å². The Morgan fingerprint density at radius 2 is 1.90 bits per heavy atom. The maximum Gasteiger partial charge on any atom is 0.416 e. The molecule has 0 bridgehead atoms. The van der Waals surface area contributed by atoms with Crippen LogP contribution in [0.2, 0.25) is 5.02 Å². The smallest absolute Gasteiger partial charge is 0.416 e. The minimum Gasteiger partial charge on any atom is -0.422 e. The molecule has 0 amide bonds.